The van der Waals surface area contributed by atoms with Crippen molar-refractivity contribution >= 4 is 16.8 Å². The van der Waals surface area contributed by atoms with Crippen LogP contribution in [0.3, 0.4) is 0 Å². The number of hydrogen-bond donors (Lipinski definition) is 2. The van der Waals surface area contributed by atoms with Gasteiger partial charge in [0.25, 0.3) is 0 Å². The minimum atomic E-state index is 0.305. The SMILES string of the molecule is O=C(CCNCCc1c[nH]c2ccccc12)N1CCCCC1. The number of piperidine rings is 1. The Balaban J connectivity index is 1.37. The number of carbonyl (C=O) groups excluding carboxylic acids is 1. The predicted octanol–water partition coefficient (Wildman–Crippen LogP) is 2.70. The summed E-state index contributed by atoms with van der Waals surface area (Å²) in [5.41, 5.74) is 2.53. The van der Waals surface area contributed by atoms with E-state index < -0.39 is 0 Å². The molecule has 3 rings (SSSR count). The molecule has 0 saturated carbocycles. The van der Waals surface area contributed by atoms with E-state index in [1.165, 1.54) is 35.7 Å². The molecule has 1 amide bonds. The first-order valence-electron chi connectivity index (χ1n) is 8.38. The van der Waals surface area contributed by atoms with Gasteiger partial charge in [0.1, 0.15) is 0 Å². The highest BCUT2D eigenvalue weighted by atomic mass is 16.2. The van der Waals surface area contributed by atoms with Crippen LogP contribution in [0, 0.1) is 0 Å². The number of aromatic nitrogens is 1. The zero-order valence-electron chi connectivity index (χ0n) is 13.1. The third kappa shape index (κ3) is 3.69. The number of fused-ring (bicyclic) bond motifs is 1. The summed E-state index contributed by atoms with van der Waals surface area (Å²) < 4.78 is 0. The minimum Gasteiger partial charge on any atom is -0.361 e. The van der Waals surface area contributed by atoms with E-state index >= 15 is 0 Å². The number of nitrogens with one attached hydrogen (secondary N) is 2. The first-order valence-corrected chi connectivity index (χ1v) is 8.38. The summed E-state index contributed by atoms with van der Waals surface area (Å²) in [6.45, 7) is 3.59. The van der Waals surface area contributed by atoms with Crippen molar-refractivity contribution in [2.24, 2.45) is 0 Å². The monoisotopic (exact) mass is 299 g/mol. The highest BCUT2D eigenvalue weighted by Crippen LogP contribution is 2.17. The van der Waals surface area contributed by atoms with Gasteiger partial charge in [-0.2, -0.15) is 0 Å². The van der Waals surface area contributed by atoms with E-state index in [0.29, 0.717) is 12.3 Å². The van der Waals surface area contributed by atoms with Crippen LogP contribution in [0.25, 0.3) is 10.9 Å². The second-order valence-corrected chi connectivity index (χ2v) is 6.05. The number of para-hydroxylation sites is 1. The Hall–Kier alpha value is -1.81. The van der Waals surface area contributed by atoms with Gasteiger partial charge in [0.2, 0.25) is 5.91 Å². The molecule has 1 aliphatic heterocycles. The van der Waals surface area contributed by atoms with Crippen LogP contribution in [-0.2, 0) is 11.2 Å². The fourth-order valence-electron chi connectivity index (χ4n) is 3.18. The molecule has 1 aliphatic rings. The molecule has 0 radical (unpaired) electrons. The van der Waals surface area contributed by atoms with Gasteiger partial charge in [0.15, 0.2) is 0 Å². The summed E-state index contributed by atoms with van der Waals surface area (Å²) >= 11 is 0. The molecule has 0 aliphatic carbocycles. The zero-order valence-corrected chi connectivity index (χ0v) is 13.1. The number of hydrogen-bond acceptors (Lipinski definition) is 2. The fraction of sp³-hybridized carbons (Fsp3) is 0.500. The maximum absolute atomic E-state index is 12.0. The molecule has 2 aromatic rings. The molecule has 1 aromatic heterocycles. The third-order valence-corrected chi connectivity index (χ3v) is 4.47. The summed E-state index contributed by atoms with van der Waals surface area (Å²) in [4.78, 5) is 17.4. The lowest BCUT2D eigenvalue weighted by Gasteiger charge is -2.26. The molecule has 4 nitrogen and oxygen atoms in total. The van der Waals surface area contributed by atoms with Crippen molar-refractivity contribution in [3.8, 4) is 0 Å². The third-order valence-electron chi connectivity index (χ3n) is 4.47. The van der Waals surface area contributed by atoms with E-state index in [2.05, 4.69) is 34.7 Å². The second-order valence-electron chi connectivity index (χ2n) is 6.05. The first-order chi connectivity index (χ1) is 10.8. The highest BCUT2D eigenvalue weighted by molar-refractivity contribution is 5.83. The number of benzene rings is 1. The number of likely N-dealkylation sites (tertiary alicyclic amines) is 1. The topological polar surface area (TPSA) is 48.1 Å². The molecular weight excluding hydrogens is 274 g/mol. The molecule has 22 heavy (non-hydrogen) atoms. The van der Waals surface area contributed by atoms with Crippen LogP contribution in [0.5, 0.6) is 0 Å². The summed E-state index contributed by atoms with van der Waals surface area (Å²) in [6, 6.07) is 8.38. The smallest absolute Gasteiger partial charge is 0.223 e. The Kier molecular flexibility index (Phi) is 5.11. The Labute approximate surface area is 131 Å². The van der Waals surface area contributed by atoms with E-state index in [9.17, 15) is 4.79 Å². The van der Waals surface area contributed by atoms with Gasteiger partial charge in [-0.3, -0.25) is 4.79 Å². The number of H-pyrrole nitrogens is 1. The highest BCUT2D eigenvalue weighted by Gasteiger charge is 2.15. The van der Waals surface area contributed by atoms with Crippen LogP contribution in [0.4, 0.5) is 0 Å². The molecule has 0 bridgehead atoms. The van der Waals surface area contributed by atoms with Crippen molar-refractivity contribution in [1.29, 1.82) is 0 Å². The van der Waals surface area contributed by atoms with E-state index in [0.717, 1.165) is 32.6 Å². The van der Waals surface area contributed by atoms with E-state index in [-0.39, 0.29) is 0 Å². The van der Waals surface area contributed by atoms with Crippen LogP contribution >= 0.6 is 0 Å². The van der Waals surface area contributed by atoms with Crippen molar-refractivity contribution in [2.75, 3.05) is 26.2 Å². The number of nitrogens with zero attached hydrogens (tertiary/aromatic N) is 1. The van der Waals surface area contributed by atoms with Crippen molar-refractivity contribution in [3.63, 3.8) is 0 Å². The maximum Gasteiger partial charge on any atom is 0.223 e. The molecule has 1 saturated heterocycles. The van der Waals surface area contributed by atoms with E-state index in [4.69, 9.17) is 0 Å². The quantitative estimate of drug-likeness (QED) is 0.806. The largest absolute Gasteiger partial charge is 0.361 e. The molecule has 0 atom stereocenters. The predicted molar refractivity (Wildman–Crippen MR) is 89.9 cm³/mol. The van der Waals surface area contributed by atoms with Gasteiger partial charge in [0, 0.05) is 43.2 Å². The molecule has 118 valence electrons. The summed E-state index contributed by atoms with van der Waals surface area (Å²) in [5, 5.41) is 4.70. The Morgan fingerprint density at radius 3 is 2.82 bits per heavy atom. The Morgan fingerprint density at radius 2 is 1.95 bits per heavy atom. The second kappa shape index (κ2) is 7.45. The van der Waals surface area contributed by atoms with Crippen molar-refractivity contribution < 1.29 is 4.79 Å². The lowest BCUT2D eigenvalue weighted by Crippen LogP contribution is -2.37. The number of carbonyl (C=O) groups is 1. The molecule has 0 unspecified atom stereocenters. The van der Waals surface area contributed by atoms with Gasteiger partial charge in [-0.1, -0.05) is 18.2 Å². The fourth-order valence-corrected chi connectivity index (χ4v) is 3.18. The number of amides is 1. The average Bonchev–Trinajstić information content (AvgIpc) is 2.98. The lowest BCUT2D eigenvalue weighted by molar-refractivity contribution is -0.131. The molecule has 2 N–H and O–H groups in total. The Morgan fingerprint density at radius 1 is 1.14 bits per heavy atom. The van der Waals surface area contributed by atoms with Gasteiger partial charge < -0.3 is 15.2 Å². The van der Waals surface area contributed by atoms with Crippen LogP contribution < -0.4 is 5.32 Å². The van der Waals surface area contributed by atoms with Gasteiger partial charge in [0.05, 0.1) is 0 Å². The molecule has 0 spiro atoms. The normalized spacial score (nSPS) is 15.4. The molecule has 1 aromatic carbocycles. The van der Waals surface area contributed by atoms with E-state index in [1.54, 1.807) is 0 Å². The molecule has 4 heteroatoms. The summed E-state index contributed by atoms with van der Waals surface area (Å²) in [7, 11) is 0. The molecular formula is C18H25N3O. The van der Waals surface area contributed by atoms with Crippen LogP contribution in [-0.4, -0.2) is 42.0 Å². The first kappa shape index (κ1) is 15.1. The lowest BCUT2D eigenvalue weighted by atomic mass is 10.1. The zero-order chi connectivity index (χ0) is 15.2. The average molecular weight is 299 g/mol. The Bertz CT molecular complexity index is 614. The van der Waals surface area contributed by atoms with Gasteiger partial charge in [-0.05, 0) is 43.9 Å². The van der Waals surface area contributed by atoms with Crippen LogP contribution in [0.15, 0.2) is 30.5 Å². The summed E-state index contributed by atoms with van der Waals surface area (Å²) in [5.74, 6) is 0.305. The number of rotatable bonds is 6. The van der Waals surface area contributed by atoms with Crippen molar-refractivity contribution in [1.82, 2.24) is 15.2 Å². The van der Waals surface area contributed by atoms with Gasteiger partial charge in [-0.15, -0.1) is 0 Å². The standard InChI is InChI=1S/C18H25N3O/c22-18(21-12-4-1-5-13-21)9-11-19-10-8-15-14-20-17-7-3-2-6-16(15)17/h2-3,6-7,14,19-20H,1,4-5,8-13H2. The van der Waals surface area contributed by atoms with Crippen molar-refractivity contribution in [3.05, 3.63) is 36.0 Å². The maximum atomic E-state index is 12.0. The van der Waals surface area contributed by atoms with E-state index in [1.807, 2.05) is 11.0 Å². The molecule has 1 fully saturated rings. The summed E-state index contributed by atoms with van der Waals surface area (Å²) in [6.07, 6.45) is 7.30. The number of aromatic amines is 1. The van der Waals surface area contributed by atoms with Crippen LogP contribution in [0.2, 0.25) is 0 Å². The minimum absolute atomic E-state index is 0.305. The van der Waals surface area contributed by atoms with Crippen LogP contribution in [0.1, 0.15) is 31.2 Å². The van der Waals surface area contributed by atoms with Gasteiger partial charge >= 0.3 is 0 Å². The molecule has 2 heterocycles. The van der Waals surface area contributed by atoms with Gasteiger partial charge in [-0.25, -0.2) is 0 Å². The van der Waals surface area contributed by atoms with Crippen molar-refractivity contribution in [2.45, 2.75) is 32.1 Å².